The summed E-state index contributed by atoms with van der Waals surface area (Å²) in [5.74, 6) is -0.775. The number of sulfonamides is 1. The lowest BCUT2D eigenvalue weighted by Crippen LogP contribution is -2.70. The first-order valence-electron chi connectivity index (χ1n) is 38.7. The lowest BCUT2D eigenvalue weighted by atomic mass is 9.95. The molecule has 596 valence electrons. The van der Waals surface area contributed by atoms with Crippen LogP contribution in [-0.4, -0.2) is 181 Å². The van der Waals surface area contributed by atoms with Gasteiger partial charge >= 0.3 is 12.1 Å². The van der Waals surface area contributed by atoms with Gasteiger partial charge in [0, 0.05) is 6.92 Å². The molecule has 9 rings (SSSR count). The first kappa shape index (κ1) is 86.2. The topological polar surface area (TPSA) is 248 Å². The summed E-state index contributed by atoms with van der Waals surface area (Å²) in [6, 6.07) is 35.2. The highest BCUT2D eigenvalue weighted by atomic mass is 32.2. The van der Waals surface area contributed by atoms with Crippen molar-refractivity contribution in [2.24, 2.45) is 0 Å². The van der Waals surface area contributed by atoms with E-state index in [4.69, 9.17) is 74.9 Å². The fourth-order valence-electron chi connectivity index (χ4n) is 17.9. The highest BCUT2D eigenvalue weighted by molar-refractivity contribution is 7.89. The number of esters is 1. The summed E-state index contributed by atoms with van der Waals surface area (Å²) < 4.78 is 146. The van der Waals surface area contributed by atoms with E-state index in [1.165, 1.54) is 31.4 Å². The van der Waals surface area contributed by atoms with Crippen LogP contribution < -0.4 is 4.72 Å². The molecule has 11 unspecified atom stereocenters. The van der Waals surface area contributed by atoms with Crippen LogP contribution in [0.2, 0.25) is 49.9 Å². The third kappa shape index (κ3) is 20.0. The Morgan fingerprint density at radius 2 is 0.860 bits per heavy atom. The fourth-order valence-corrected chi connectivity index (χ4v) is 35.5. The Kier molecular flexibility index (Phi) is 30.7. The molecule has 26 heteroatoms. The lowest BCUT2D eigenvalue weighted by molar-refractivity contribution is -0.380. The first-order chi connectivity index (χ1) is 50.8. The highest BCUT2D eigenvalue weighted by Gasteiger charge is 2.62. The third-order valence-corrected chi connectivity index (χ3v) is 42.4. The summed E-state index contributed by atoms with van der Waals surface area (Å²) in [6.07, 6.45) is -20.0. The molecule has 18 atom stereocenters. The van der Waals surface area contributed by atoms with Crippen LogP contribution in [-0.2, 0) is 109 Å². The van der Waals surface area contributed by atoms with Crippen molar-refractivity contribution >= 4 is 47.1 Å². The Morgan fingerprint density at radius 1 is 0.467 bits per heavy atom. The van der Waals surface area contributed by atoms with Gasteiger partial charge in [-0.15, -0.1) is 0 Å². The van der Waals surface area contributed by atoms with Crippen LogP contribution in [0.5, 0.6) is 0 Å². The Morgan fingerprint density at radius 3 is 1.32 bits per heavy atom. The van der Waals surface area contributed by atoms with Gasteiger partial charge in [0.05, 0.1) is 56.9 Å². The summed E-state index contributed by atoms with van der Waals surface area (Å²) in [4.78, 5) is 28.4. The zero-order valence-corrected chi connectivity index (χ0v) is 70.4. The molecule has 4 aromatic rings. The Bertz CT molecular complexity index is 3460. The molecule has 4 fully saturated rings. The molecule has 0 aromatic heterocycles. The Hall–Kier alpha value is -4.80. The van der Waals surface area contributed by atoms with Crippen LogP contribution >= 0.6 is 0 Å². The Labute approximate surface area is 639 Å². The number of hydrogen-bond donors (Lipinski definition) is 2. The average Bonchev–Trinajstić information content (AvgIpc) is 1.74. The monoisotopic (exact) mass is 1560 g/mol. The molecule has 5 aliphatic heterocycles. The van der Waals surface area contributed by atoms with Gasteiger partial charge in [-0.1, -0.05) is 234 Å². The SMILES string of the molecule is CC(=O)O[C@H]1C(CO[Si](C(C)C)(C(C)C)C(C)C)O[C@@H](OC2C=COC(CO[Si](C(C)C)(C(C)C)C(C)C)[C@@H]2O)C(NS(=O)(=O)c2ccccc2)C1O[C@@H]1OC(CO[Si](C(C)C)(C(C)C)C(C)C)[C@@H]2OC(=O)OC2C1O[C@@H]1OC(C)[C@H](OCc2ccccc2)C(OCc2ccccc2)C1OCc1ccccc1. The van der Waals surface area contributed by atoms with E-state index in [9.17, 15) is 14.7 Å². The number of fused-ring (bicyclic) bond motifs is 1. The Balaban J connectivity index is 1.23. The molecule has 0 radical (unpaired) electrons. The third-order valence-electron chi connectivity index (χ3n) is 22.7. The molecule has 2 N–H and O–H groups in total. The van der Waals surface area contributed by atoms with E-state index in [0.29, 0.717) is 0 Å². The van der Waals surface area contributed by atoms with Crippen molar-refractivity contribution in [3.63, 3.8) is 0 Å². The van der Waals surface area contributed by atoms with Gasteiger partial charge < -0.3 is 80.0 Å². The van der Waals surface area contributed by atoms with Crippen molar-refractivity contribution in [1.82, 2.24) is 4.72 Å². The number of hydrogen-bond acceptors (Lipinski definition) is 21. The number of rotatable bonds is 37. The van der Waals surface area contributed by atoms with Crippen LogP contribution in [0.15, 0.2) is 139 Å². The molecule has 0 saturated carbocycles. The van der Waals surface area contributed by atoms with Crippen molar-refractivity contribution in [1.29, 1.82) is 0 Å². The van der Waals surface area contributed by atoms with E-state index in [1.807, 2.05) is 97.9 Å². The van der Waals surface area contributed by atoms with Gasteiger partial charge in [-0.2, -0.15) is 0 Å². The molecule has 22 nitrogen and oxygen atoms in total. The molecule has 4 aromatic carbocycles. The maximum absolute atomic E-state index is 15.5. The van der Waals surface area contributed by atoms with E-state index in [0.717, 1.165) is 16.7 Å². The lowest BCUT2D eigenvalue weighted by Gasteiger charge is -2.51. The van der Waals surface area contributed by atoms with Gasteiger partial charge in [-0.25, -0.2) is 17.9 Å². The van der Waals surface area contributed by atoms with Gasteiger partial charge in [0.25, 0.3) is 0 Å². The van der Waals surface area contributed by atoms with Crippen molar-refractivity contribution in [2.45, 2.75) is 323 Å². The molecule has 107 heavy (non-hydrogen) atoms. The zero-order chi connectivity index (χ0) is 77.9. The number of aliphatic hydroxyl groups excluding tert-OH is 1. The van der Waals surface area contributed by atoms with Crippen LogP contribution in [0.3, 0.4) is 0 Å². The second-order valence-corrected chi connectivity index (χ2v) is 50.3. The number of aliphatic hydroxyl groups is 1. The molecule has 4 saturated heterocycles. The van der Waals surface area contributed by atoms with Crippen LogP contribution in [0.25, 0.3) is 0 Å². The van der Waals surface area contributed by atoms with Gasteiger partial charge in [-0.05, 0) is 91.7 Å². The molecule has 0 amide bonds. The quantitative estimate of drug-likeness (QED) is 0.0314. The normalized spacial score (nSPS) is 28.9. The van der Waals surface area contributed by atoms with Crippen molar-refractivity contribution in [2.75, 3.05) is 19.8 Å². The van der Waals surface area contributed by atoms with Crippen LogP contribution in [0.4, 0.5) is 4.79 Å². The maximum Gasteiger partial charge on any atom is 0.509 e. The minimum absolute atomic E-state index is 0.0184. The minimum Gasteiger partial charge on any atom is -0.493 e. The standard InChI is InChI=1S/C81H123NO21SSi3/c1-49(2)105(50(3)4,51(5)6)92-46-65-69(84)64(41-42-88-65)97-78-68(82-104(86,87)63-39-31-24-32-40-63)73(71(96-59(20)83)66(98-78)47-93-106(52(7)8,53(9)10)54(11)12)100-80-77(75-72(102-81(85)103-75)67(99-80)48-94-107(55(13)14,56(15)16)57(17)18)101-79-76(91-45-62-37-29-23-30-38-62)74(90-44-61-35-27-22-28-36-61)70(58(19)95-79)89-43-60-33-25-21-26-34-60/h21-42,49-58,64-80,82,84H,43-48H2,1-20H3/t58?,64?,65?,66?,67?,68?,69-,70+,71+,72+,73?,74?,75?,76?,77?,78-,79+,80+/m1/s1. The average molecular weight is 1560 g/mol. The molecule has 0 aliphatic carbocycles. The predicted molar refractivity (Wildman–Crippen MR) is 414 cm³/mol. The van der Waals surface area contributed by atoms with Crippen molar-refractivity contribution in [3.05, 3.63) is 150 Å². The second-order valence-electron chi connectivity index (χ2n) is 32.2. The molecule has 0 spiro atoms. The van der Waals surface area contributed by atoms with E-state index in [2.05, 4.69) is 129 Å². The number of nitrogens with one attached hydrogen (secondary N) is 1. The van der Waals surface area contributed by atoms with Gasteiger partial charge in [0.15, 0.2) is 59.9 Å². The molecule has 5 aliphatic rings. The molecule has 0 bridgehead atoms. The van der Waals surface area contributed by atoms with E-state index >= 15 is 8.42 Å². The summed E-state index contributed by atoms with van der Waals surface area (Å²) in [6.45, 7) is 42.1. The van der Waals surface area contributed by atoms with Crippen molar-refractivity contribution < 1.29 is 98.0 Å². The van der Waals surface area contributed by atoms with E-state index < -0.39 is 157 Å². The second kappa shape index (κ2) is 38.1. The molecular formula is C81H123NO21SSi3. The summed E-state index contributed by atoms with van der Waals surface area (Å²) in [5.41, 5.74) is 3.75. The molecular weight excluding hydrogens is 1440 g/mol. The first-order valence-corrected chi connectivity index (χ1v) is 46.6. The minimum atomic E-state index is -4.65. The molecule has 5 heterocycles. The fraction of sp³-hybridized carbons (Fsp3) is 0.654. The predicted octanol–water partition coefficient (Wildman–Crippen LogP) is 15.1. The van der Waals surface area contributed by atoms with Crippen molar-refractivity contribution in [3.8, 4) is 0 Å². The number of benzene rings is 4. The smallest absolute Gasteiger partial charge is 0.493 e. The number of carbonyl (C=O) groups excluding carboxylic acids is 2. The van der Waals surface area contributed by atoms with Crippen LogP contribution in [0, 0.1) is 0 Å². The van der Waals surface area contributed by atoms with Gasteiger partial charge in [0.1, 0.15) is 61.0 Å². The highest BCUT2D eigenvalue weighted by Crippen LogP contribution is 2.48. The van der Waals surface area contributed by atoms with Gasteiger partial charge in [0.2, 0.25) is 18.3 Å². The van der Waals surface area contributed by atoms with E-state index in [1.54, 1.807) is 18.2 Å². The zero-order valence-electron chi connectivity index (χ0n) is 66.6. The number of ether oxygens (including phenoxy) is 13. The summed E-state index contributed by atoms with van der Waals surface area (Å²) >= 11 is 0. The summed E-state index contributed by atoms with van der Waals surface area (Å²) in [7, 11) is -12.8. The number of carbonyl (C=O) groups is 2. The van der Waals surface area contributed by atoms with E-state index in [-0.39, 0.29) is 94.4 Å². The largest absolute Gasteiger partial charge is 0.509 e. The van der Waals surface area contributed by atoms with Gasteiger partial charge in [-0.3, -0.25) is 4.79 Å². The maximum atomic E-state index is 15.5. The van der Waals surface area contributed by atoms with Crippen LogP contribution in [0.1, 0.15) is 155 Å². The summed E-state index contributed by atoms with van der Waals surface area (Å²) in [5, 5.41) is 12.7.